The van der Waals surface area contributed by atoms with Gasteiger partial charge < -0.3 is 10.6 Å². The lowest BCUT2D eigenvalue weighted by Crippen LogP contribution is -2.48. The van der Waals surface area contributed by atoms with Crippen LogP contribution in [0.2, 0.25) is 0 Å². The van der Waals surface area contributed by atoms with E-state index in [0.717, 1.165) is 0 Å². The van der Waals surface area contributed by atoms with Crippen molar-refractivity contribution in [1.82, 2.24) is 9.80 Å². The summed E-state index contributed by atoms with van der Waals surface area (Å²) < 4.78 is 0. The smallest absolute Gasteiger partial charge is 0.0113 e. The van der Waals surface area contributed by atoms with Crippen molar-refractivity contribution in [2.75, 3.05) is 32.7 Å². The molecule has 1 fully saturated rings. The Morgan fingerprint density at radius 3 is 2.12 bits per heavy atom. The largest absolute Gasteiger partial charge is 0.328 e. The molecule has 1 heterocycles. The zero-order valence-electron chi connectivity index (χ0n) is 11.3. The van der Waals surface area contributed by atoms with Crippen molar-refractivity contribution < 1.29 is 0 Å². The first-order valence-corrected chi connectivity index (χ1v) is 6.81. The van der Waals surface area contributed by atoms with Gasteiger partial charge >= 0.3 is 0 Å². The first-order valence-electron chi connectivity index (χ1n) is 6.81. The van der Waals surface area contributed by atoms with Gasteiger partial charge in [0.15, 0.2) is 0 Å². The molecular weight excluding hydrogens is 198 g/mol. The molecule has 0 aromatic carbocycles. The van der Waals surface area contributed by atoms with Crippen LogP contribution in [-0.4, -0.2) is 54.6 Å². The molecule has 1 saturated heterocycles. The van der Waals surface area contributed by atoms with E-state index < -0.39 is 0 Å². The second-order valence-electron chi connectivity index (χ2n) is 5.44. The molecular formula is C13H29N3. The maximum atomic E-state index is 5.74. The van der Waals surface area contributed by atoms with Gasteiger partial charge in [-0.25, -0.2) is 0 Å². The molecule has 0 saturated carbocycles. The van der Waals surface area contributed by atoms with Crippen molar-refractivity contribution in [3.63, 3.8) is 0 Å². The van der Waals surface area contributed by atoms with Crippen LogP contribution in [0.4, 0.5) is 0 Å². The van der Waals surface area contributed by atoms with E-state index in [1.807, 2.05) is 0 Å². The minimum absolute atomic E-state index is 0.373. The van der Waals surface area contributed by atoms with E-state index in [9.17, 15) is 0 Å². The molecule has 1 aliphatic heterocycles. The highest BCUT2D eigenvalue weighted by Gasteiger charge is 2.17. The summed E-state index contributed by atoms with van der Waals surface area (Å²) in [6, 6.07) is 1.08. The van der Waals surface area contributed by atoms with E-state index in [2.05, 4.69) is 30.6 Å². The van der Waals surface area contributed by atoms with Gasteiger partial charge in [-0.2, -0.15) is 0 Å². The highest BCUT2D eigenvalue weighted by molar-refractivity contribution is 4.74. The summed E-state index contributed by atoms with van der Waals surface area (Å²) in [7, 11) is 0. The fourth-order valence-electron chi connectivity index (χ4n) is 2.31. The molecule has 0 aromatic heterocycles. The SMILES string of the molecule is CC(N)CCCCN1CCN(C(C)C)CC1. The molecule has 0 spiro atoms. The third-order valence-corrected chi connectivity index (χ3v) is 3.52. The van der Waals surface area contributed by atoms with Gasteiger partial charge in [-0.3, -0.25) is 4.90 Å². The van der Waals surface area contributed by atoms with Crippen LogP contribution in [-0.2, 0) is 0 Å². The van der Waals surface area contributed by atoms with E-state index in [1.54, 1.807) is 0 Å². The monoisotopic (exact) mass is 227 g/mol. The van der Waals surface area contributed by atoms with Crippen LogP contribution < -0.4 is 5.73 Å². The molecule has 3 nitrogen and oxygen atoms in total. The summed E-state index contributed by atoms with van der Waals surface area (Å²) in [5.74, 6) is 0. The van der Waals surface area contributed by atoms with E-state index in [0.29, 0.717) is 12.1 Å². The van der Waals surface area contributed by atoms with Crippen molar-refractivity contribution in [2.24, 2.45) is 5.73 Å². The molecule has 16 heavy (non-hydrogen) atoms. The predicted molar refractivity (Wildman–Crippen MR) is 70.6 cm³/mol. The average molecular weight is 227 g/mol. The normalized spacial score (nSPS) is 21.6. The first-order chi connectivity index (χ1) is 7.59. The van der Waals surface area contributed by atoms with Crippen molar-refractivity contribution >= 4 is 0 Å². The maximum absolute atomic E-state index is 5.74. The van der Waals surface area contributed by atoms with Gasteiger partial charge in [0.25, 0.3) is 0 Å². The van der Waals surface area contributed by atoms with Gasteiger partial charge in [0.2, 0.25) is 0 Å². The van der Waals surface area contributed by atoms with Crippen LogP contribution in [0.25, 0.3) is 0 Å². The summed E-state index contributed by atoms with van der Waals surface area (Å²) in [6.07, 6.45) is 3.76. The van der Waals surface area contributed by atoms with Gasteiger partial charge in [-0.1, -0.05) is 6.42 Å². The van der Waals surface area contributed by atoms with Crippen molar-refractivity contribution in [3.8, 4) is 0 Å². The second-order valence-corrected chi connectivity index (χ2v) is 5.44. The first kappa shape index (κ1) is 13.9. The lowest BCUT2D eigenvalue weighted by Gasteiger charge is -2.36. The molecule has 3 heteroatoms. The van der Waals surface area contributed by atoms with Crippen LogP contribution in [0.15, 0.2) is 0 Å². The average Bonchev–Trinajstić information content (AvgIpc) is 2.25. The highest BCUT2D eigenvalue weighted by atomic mass is 15.3. The molecule has 0 radical (unpaired) electrons. The molecule has 0 bridgehead atoms. The zero-order chi connectivity index (χ0) is 12.0. The number of rotatable bonds is 6. The van der Waals surface area contributed by atoms with E-state index in [-0.39, 0.29) is 0 Å². The van der Waals surface area contributed by atoms with Gasteiger partial charge in [-0.15, -0.1) is 0 Å². The summed E-state index contributed by atoms with van der Waals surface area (Å²) in [5.41, 5.74) is 5.74. The number of unbranched alkanes of at least 4 members (excludes halogenated alkanes) is 1. The summed E-state index contributed by atoms with van der Waals surface area (Å²) in [4.78, 5) is 5.17. The van der Waals surface area contributed by atoms with Gasteiger partial charge in [-0.05, 0) is 40.2 Å². The Labute approximate surface area is 101 Å². The van der Waals surface area contributed by atoms with E-state index >= 15 is 0 Å². The third kappa shape index (κ3) is 5.28. The lowest BCUT2D eigenvalue weighted by molar-refractivity contribution is 0.107. The Bertz CT molecular complexity index is 172. The van der Waals surface area contributed by atoms with E-state index in [1.165, 1.54) is 52.0 Å². The molecule has 2 N–H and O–H groups in total. The lowest BCUT2D eigenvalue weighted by atomic mass is 10.1. The second kappa shape index (κ2) is 7.25. The highest BCUT2D eigenvalue weighted by Crippen LogP contribution is 2.07. The molecule has 96 valence electrons. The van der Waals surface area contributed by atoms with Gasteiger partial charge in [0, 0.05) is 38.3 Å². The Balaban J connectivity index is 2.04. The Morgan fingerprint density at radius 1 is 1.00 bits per heavy atom. The van der Waals surface area contributed by atoms with Gasteiger partial charge in [0.1, 0.15) is 0 Å². The fraction of sp³-hybridized carbons (Fsp3) is 1.00. The topological polar surface area (TPSA) is 32.5 Å². The van der Waals surface area contributed by atoms with E-state index in [4.69, 9.17) is 5.73 Å². The molecule has 0 amide bonds. The fourth-order valence-corrected chi connectivity index (χ4v) is 2.31. The zero-order valence-corrected chi connectivity index (χ0v) is 11.3. The van der Waals surface area contributed by atoms with Crippen LogP contribution in [0.1, 0.15) is 40.0 Å². The predicted octanol–water partition coefficient (Wildman–Crippen LogP) is 1.53. The molecule has 1 atom stereocenters. The van der Waals surface area contributed by atoms with Crippen molar-refractivity contribution in [3.05, 3.63) is 0 Å². The Kier molecular flexibility index (Phi) is 6.32. The summed E-state index contributed by atoms with van der Waals surface area (Å²) in [6.45, 7) is 12.9. The Morgan fingerprint density at radius 2 is 1.62 bits per heavy atom. The number of nitrogens with zero attached hydrogens (tertiary/aromatic N) is 2. The molecule has 1 unspecified atom stereocenters. The van der Waals surface area contributed by atoms with Crippen LogP contribution >= 0.6 is 0 Å². The van der Waals surface area contributed by atoms with Crippen LogP contribution in [0, 0.1) is 0 Å². The number of hydrogen-bond acceptors (Lipinski definition) is 3. The molecule has 0 aliphatic carbocycles. The molecule has 0 aromatic rings. The molecule has 1 rings (SSSR count). The van der Waals surface area contributed by atoms with Gasteiger partial charge in [0.05, 0.1) is 0 Å². The number of hydrogen-bond donors (Lipinski definition) is 1. The number of nitrogens with two attached hydrogens (primary N) is 1. The molecule has 1 aliphatic rings. The van der Waals surface area contributed by atoms with Crippen LogP contribution in [0.5, 0.6) is 0 Å². The minimum Gasteiger partial charge on any atom is -0.328 e. The Hall–Kier alpha value is -0.120. The minimum atomic E-state index is 0.373. The maximum Gasteiger partial charge on any atom is 0.0113 e. The van der Waals surface area contributed by atoms with Crippen LogP contribution in [0.3, 0.4) is 0 Å². The summed E-state index contributed by atoms with van der Waals surface area (Å²) in [5, 5.41) is 0. The number of piperazine rings is 1. The van der Waals surface area contributed by atoms with Crippen molar-refractivity contribution in [2.45, 2.75) is 52.1 Å². The standard InChI is InChI=1S/C13H29N3/c1-12(2)16-10-8-15(9-11-16)7-5-4-6-13(3)14/h12-13H,4-11,14H2,1-3H3. The third-order valence-electron chi connectivity index (χ3n) is 3.52. The quantitative estimate of drug-likeness (QED) is 0.699. The summed E-state index contributed by atoms with van der Waals surface area (Å²) >= 11 is 0. The van der Waals surface area contributed by atoms with Crippen molar-refractivity contribution in [1.29, 1.82) is 0 Å².